The maximum absolute atomic E-state index is 13.5. The monoisotopic (exact) mass is 455 g/mol. The third-order valence-electron chi connectivity index (χ3n) is 7.44. The molecule has 1 aliphatic heterocycles. The van der Waals surface area contributed by atoms with Crippen molar-refractivity contribution in [2.24, 2.45) is 5.41 Å². The predicted octanol–water partition coefficient (Wildman–Crippen LogP) is 3.71. The van der Waals surface area contributed by atoms with E-state index in [1.807, 2.05) is 38.2 Å². The van der Waals surface area contributed by atoms with Gasteiger partial charge in [-0.25, -0.2) is 0 Å². The fourth-order valence-electron chi connectivity index (χ4n) is 4.89. The van der Waals surface area contributed by atoms with E-state index < -0.39 is 5.41 Å². The fourth-order valence-corrected chi connectivity index (χ4v) is 4.89. The van der Waals surface area contributed by atoms with E-state index in [1.54, 1.807) is 13.2 Å². The number of methoxy groups -OCH3 is 1. The van der Waals surface area contributed by atoms with Gasteiger partial charge in [-0.3, -0.25) is 9.69 Å². The van der Waals surface area contributed by atoms with Gasteiger partial charge in [0.15, 0.2) is 11.5 Å². The van der Waals surface area contributed by atoms with Crippen LogP contribution in [0.3, 0.4) is 0 Å². The molecule has 1 unspecified atom stereocenters. The zero-order valence-electron chi connectivity index (χ0n) is 21.4. The second-order valence-corrected chi connectivity index (χ2v) is 10.6. The van der Waals surface area contributed by atoms with Crippen LogP contribution in [0.15, 0.2) is 41.5 Å². The van der Waals surface area contributed by atoms with Gasteiger partial charge in [-0.2, -0.15) is 0 Å². The van der Waals surface area contributed by atoms with E-state index in [0.717, 1.165) is 51.0 Å². The van der Waals surface area contributed by atoms with Crippen molar-refractivity contribution in [1.29, 1.82) is 0 Å². The van der Waals surface area contributed by atoms with Gasteiger partial charge in [0.25, 0.3) is 0 Å². The number of amides is 1. The highest BCUT2D eigenvalue weighted by Gasteiger charge is 2.45. The third kappa shape index (κ3) is 5.44. The Morgan fingerprint density at radius 3 is 2.61 bits per heavy atom. The Kier molecular flexibility index (Phi) is 7.59. The first-order valence-electron chi connectivity index (χ1n) is 11.9. The first kappa shape index (κ1) is 25.3. The van der Waals surface area contributed by atoms with Gasteiger partial charge >= 0.3 is 0 Å². The molecule has 6 nitrogen and oxygen atoms in total. The number of hydrogen-bond donors (Lipinski definition) is 1. The van der Waals surface area contributed by atoms with Crippen LogP contribution in [0, 0.1) is 5.41 Å². The summed E-state index contributed by atoms with van der Waals surface area (Å²) in [6.07, 6.45) is 7.03. The molecule has 6 heteroatoms. The molecule has 1 aromatic rings. The van der Waals surface area contributed by atoms with E-state index in [0.29, 0.717) is 5.75 Å². The van der Waals surface area contributed by atoms with Crippen molar-refractivity contribution >= 4 is 5.91 Å². The number of hydrogen-bond acceptors (Lipinski definition) is 5. The summed E-state index contributed by atoms with van der Waals surface area (Å²) in [7, 11) is 7.58. The lowest BCUT2D eigenvalue weighted by Crippen LogP contribution is -2.47. The lowest BCUT2D eigenvalue weighted by molar-refractivity contribution is -0.138. The Morgan fingerprint density at radius 1 is 1.21 bits per heavy atom. The second-order valence-electron chi connectivity index (χ2n) is 10.6. The third-order valence-corrected chi connectivity index (χ3v) is 7.44. The molecule has 2 aliphatic rings. The van der Waals surface area contributed by atoms with Crippen LogP contribution in [-0.2, 0) is 11.2 Å². The van der Waals surface area contributed by atoms with Gasteiger partial charge in [0.1, 0.15) is 0 Å². The number of carbonyl (C=O) groups excluding carboxylic acids is 1. The molecule has 0 spiro atoms. The summed E-state index contributed by atoms with van der Waals surface area (Å²) in [6, 6.07) is 5.58. The predicted molar refractivity (Wildman–Crippen MR) is 134 cm³/mol. The highest BCUT2D eigenvalue weighted by atomic mass is 16.5. The van der Waals surface area contributed by atoms with Crippen LogP contribution in [0.5, 0.6) is 11.5 Å². The summed E-state index contributed by atoms with van der Waals surface area (Å²) in [4.78, 5) is 20.0. The number of rotatable bonds is 9. The van der Waals surface area contributed by atoms with E-state index >= 15 is 0 Å². The number of aromatic hydroxyl groups is 1. The van der Waals surface area contributed by atoms with Crippen LogP contribution in [-0.4, -0.2) is 85.7 Å². The topological polar surface area (TPSA) is 56.2 Å². The van der Waals surface area contributed by atoms with Crippen molar-refractivity contribution in [3.63, 3.8) is 0 Å². The molecule has 0 radical (unpaired) electrons. The van der Waals surface area contributed by atoms with Gasteiger partial charge in [-0.05, 0) is 83.0 Å². The van der Waals surface area contributed by atoms with Gasteiger partial charge in [0.2, 0.25) is 5.91 Å². The number of carbonyl (C=O) groups is 1. The molecule has 0 bridgehead atoms. The first-order valence-corrected chi connectivity index (χ1v) is 11.9. The average molecular weight is 456 g/mol. The molecular formula is C27H41N3O3. The van der Waals surface area contributed by atoms with E-state index in [4.69, 9.17) is 4.74 Å². The summed E-state index contributed by atoms with van der Waals surface area (Å²) in [5.74, 6) is 0.904. The number of aryl methyl sites for hydroxylation is 1. The molecule has 0 aromatic heterocycles. The Bertz CT molecular complexity index is 935. The Labute approximate surface area is 199 Å². The number of benzene rings is 1. The van der Waals surface area contributed by atoms with E-state index in [-0.39, 0.29) is 17.2 Å². The standard InChI is InChI=1S/C27H41N3O3/c1-26(2,14-12-20-10-11-23(31)24(17-20)33-7)30-18-21-9-8-13-27(3,22(21)19-30)25(32)29(6)16-15-28(4)5/h8-11,17,31H,12-16,18-19H2,1-7H3. The molecular weight excluding hydrogens is 414 g/mol. The zero-order chi connectivity index (χ0) is 24.4. The Hall–Kier alpha value is -2.31. The maximum atomic E-state index is 13.5. The van der Waals surface area contributed by atoms with Crippen molar-refractivity contribution in [3.8, 4) is 11.5 Å². The number of nitrogens with zero attached hydrogens (tertiary/aromatic N) is 3. The summed E-state index contributed by atoms with van der Waals surface area (Å²) in [5.41, 5.74) is 3.23. The van der Waals surface area contributed by atoms with Crippen LogP contribution >= 0.6 is 0 Å². The Morgan fingerprint density at radius 2 is 1.94 bits per heavy atom. The molecule has 1 aromatic carbocycles. The highest BCUT2D eigenvalue weighted by Crippen LogP contribution is 2.44. The lowest BCUT2D eigenvalue weighted by Gasteiger charge is -2.38. The molecule has 3 rings (SSSR count). The van der Waals surface area contributed by atoms with Crippen LogP contribution in [0.25, 0.3) is 0 Å². The van der Waals surface area contributed by atoms with E-state index in [1.165, 1.54) is 11.1 Å². The molecule has 33 heavy (non-hydrogen) atoms. The summed E-state index contributed by atoms with van der Waals surface area (Å²) < 4.78 is 5.26. The molecule has 0 saturated carbocycles. The maximum Gasteiger partial charge on any atom is 0.232 e. The Balaban J connectivity index is 1.69. The lowest BCUT2D eigenvalue weighted by atomic mass is 9.73. The van der Waals surface area contributed by atoms with Crippen LogP contribution in [0.2, 0.25) is 0 Å². The summed E-state index contributed by atoms with van der Waals surface area (Å²) in [5, 5.41) is 9.87. The van der Waals surface area contributed by atoms with Crippen molar-refractivity contribution < 1.29 is 14.6 Å². The minimum Gasteiger partial charge on any atom is -0.504 e. The molecule has 1 amide bonds. The van der Waals surface area contributed by atoms with Crippen molar-refractivity contribution in [3.05, 3.63) is 47.1 Å². The van der Waals surface area contributed by atoms with Crippen LogP contribution in [0.1, 0.15) is 39.2 Å². The minimum absolute atomic E-state index is 0.0307. The first-order chi connectivity index (χ1) is 15.5. The smallest absolute Gasteiger partial charge is 0.232 e. The van der Waals surface area contributed by atoms with Crippen molar-refractivity contribution in [2.75, 3.05) is 54.4 Å². The van der Waals surface area contributed by atoms with Gasteiger partial charge < -0.3 is 19.6 Å². The second kappa shape index (κ2) is 9.90. The number of phenols is 1. The fraction of sp³-hybridized carbons (Fsp3) is 0.593. The highest BCUT2D eigenvalue weighted by molar-refractivity contribution is 5.87. The van der Waals surface area contributed by atoms with Crippen molar-refractivity contribution in [1.82, 2.24) is 14.7 Å². The number of allylic oxidation sites excluding steroid dienone is 1. The summed E-state index contributed by atoms with van der Waals surface area (Å²) >= 11 is 0. The van der Waals surface area contributed by atoms with Crippen molar-refractivity contribution in [2.45, 2.75) is 45.6 Å². The van der Waals surface area contributed by atoms with Gasteiger partial charge in [-0.15, -0.1) is 0 Å². The average Bonchev–Trinajstić information content (AvgIpc) is 3.23. The zero-order valence-corrected chi connectivity index (χ0v) is 21.4. The number of ether oxygens (including phenoxy) is 1. The van der Waals surface area contributed by atoms with Crippen LogP contribution < -0.4 is 4.74 Å². The number of phenolic OH excluding ortho intramolecular Hbond substituents is 1. The number of likely N-dealkylation sites (N-methyl/N-ethyl adjacent to an activating group) is 2. The quantitative estimate of drug-likeness (QED) is 0.615. The molecule has 0 saturated heterocycles. The molecule has 1 N–H and O–H groups in total. The molecule has 0 fully saturated rings. The summed E-state index contributed by atoms with van der Waals surface area (Å²) in [6.45, 7) is 10.0. The van der Waals surface area contributed by atoms with E-state index in [2.05, 4.69) is 42.7 Å². The van der Waals surface area contributed by atoms with Gasteiger partial charge in [-0.1, -0.05) is 18.2 Å². The van der Waals surface area contributed by atoms with E-state index in [9.17, 15) is 9.90 Å². The van der Waals surface area contributed by atoms with Gasteiger partial charge in [0, 0.05) is 38.8 Å². The molecule has 1 heterocycles. The van der Waals surface area contributed by atoms with Crippen LogP contribution in [0.4, 0.5) is 0 Å². The minimum atomic E-state index is -0.472. The molecule has 182 valence electrons. The normalized spacial score (nSPS) is 21.0. The largest absolute Gasteiger partial charge is 0.504 e. The van der Waals surface area contributed by atoms with Gasteiger partial charge in [0.05, 0.1) is 12.5 Å². The SMILES string of the molecule is COc1cc(CCC(C)(C)N2CC3=C(C2)C(C)(C(=O)N(C)CCN(C)C)CC=C3)ccc1O. The molecule has 1 atom stereocenters. The molecule has 1 aliphatic carbocycles.